The molecule has 80 valence electrons. The molecule has 1 aromatic heterocycles. The Balaban J connectivity index is 1.98. The summed E-state index contributed by atoms with van der Waals surface area (Å²) in [5.74, 6) is 0.292. The van der Waals surface area contributed by atoms with Crippen molar-refractivity contribution >= 4 is 12.0 Å². The summed E-state index contributed by atoms with van der Waals surface area (Å²) < 4.78 is 12.6. The van der Waals surface area contributed by atoms with Crippen molar-refractivity contribution in [1.29, 1.82) is 0 Å². The molecule has 0 aliphatic heterocycles. The van der Waals surface area contributed by atoms with E-state index in [1.165, 1.54) is 12.1 Å². The largest absolute Gasteiger partial charge is 0.260 e. The minimum Gasteiger partial charge on any atom is -0.260 e. The summed E-state index contributed by atoms with van der Waals surface area (Å²) in [6.45, 7) is 0. The second-order valence-electron chi connectivity index (χ2n) is 3.01. The van der Waals surface area contributed by atoms with E-state index >= 15 is 0 Å². The zero-order chi connectivity index (χ0) is 11.2. The molecule has 2 rings (SSSR count). The lowest BCUT2D eigenvalue weighted by atomic mass is 10.2. The molecular weight excluding hydrogens is 207 g/mol. The number of rotatable bonds is 3. The van der Waals surface area contributed by atoms with Crippen molar-refractivity contribution in [2.75, 3.05) is 5.43 Å². The zero-order valence-electron chi connectivity index (χ0n) is 8.34. The molecule has 1 aromatic carbocycles. The van der Waals surface area contributed by atoms with Crippen LogP contribution in [0.15, 0.2) is 48.0 Å². The summed E-state index contributed by atoms with van der Waals surface area (Å²) in [7, 11) is 0. The molecule has 0 fully saturated rings. The highest BCUT2D eigenvalue weighted by molar-refractivity contribution is 5.79. The van der Waals surface area contributed by atoms with Gasteiger partial charge in [0.15, 0.2) is 5.82 Å². The molecular formula is C11H9FN4. The number of aromatic nitrogens is 2. The van der Waals surface area contributed by atoms with Crippen LogP contribution in [-0.4, -0.2) is 16.2 Å². The van der Waals surface area contributed by atoms with Gasteiger partial charge in [0.1, 0.15) is 5.82 Å². The molecule has 0 saturated heterocycles. The Kier molecular flexibility index (Phi) is 3.18. The highest BCUT2D eigenvalue weighted by Gasteiger charge is 1.90. The molecule has 4 nitrogen and oxygen atoms in total. The Morgan fingerprint density at radius 2 is 2.00 bits per heavy atom. The number of hydrogen-bond donors (Lipinski definition) is 1. The first-order valence-corrected chi connectivity index (χ1v) is 4.65. The minimum absolute atomic E-state index is 0.265. The molecule has 0 aliphatic carbocycles. The third-order valence-corrected chi connectivity index (χ3v) is 1.83. The van der Waals surface area contributed by atoms with Crippen LogP contribution in [0.1, 0.15) is 5.56 Å². The first kappa shape index (κ1) is 10.2. The lowest BCUT2D eigenvalue weighted by molar-refractivity contribution is 0.628. The van der Waals surface area contributed by atoms with E-state index in [1.54, 1.807) is 36.9 Å². The summed E-state index contributed by atoms with van der Waals surface area (Å²) in [4.78, 5) is 7.85. The number of benzene rings is 1. The highest BCUT2D eigenvalue weighted by atomic mass is 19.1. The Hall–Kier alpha value is -2.30. The quantitative estimate of drug-likeness (QED) is 0.631. The molecule has 5 heteroatoms. The minimum atomic E-state index is -0.265. The normalized spacial score (nSPS) is 10.6. The molecule has 1 heterocycles. The Bertz CT molecular complexity index is 467. The second kappa shape index (κ2) is 4.97. The van der Waals surface area contributed by atoms with Crippen LogP contribution in [0.4, 0.5) is 10.2 Å². The van der Waals surface area contributed by atoms with Gasteiger partial charge in [-0.05, 0) is 17.7 Å². The van der Waals surface area contributed by atoms with E-state index in [0.717, 1.165) is 5.56 Å². The van der Waals surface area contributed by atoms with Crippen molar-refractivity contribution in [2.24, 2.45) is 5.10 Å². The van der Waals surface area contributed by atoms with Crippen LogP contribution in [0.2, 0.25) is 0 Å². The van der Waals surface area contributed by atoms with Gasteiger partial charge in [0.2, 0.25) is 0 Å². The first-order valence-electron chi connectivity index (χ1n) is 4.65. The average molecular weight is 216 g/mol. The van der Waals surface area contributed by atoms with Crippen LogP contribution in [0.3, 0.4) is 0 Å². The van der Waals surface area contributed by atoms with E-state index in [1.807, 2.05) is 0 Å². The molecule has 0 saturated carbocycles. The van der Waals surface area contributed by atoms with Crippen molar-refractivity contribution in [3.63, 3.8) is 0 Å². The predicted molar refractivity (Wildman–Crippen MR) is 59.6 cm³/mol. The second-order valence-corrected chi connectivity index (χ2v) is 3.01. The third kappa shape index (κ3) is 2.84. The molecule has 0 aliphatic rings. The van der Waals surface area contributed by atoms with Crippen LogP contribution in [0.5, 0.6) is 0 Å². The van der Waals surface area contributed by atoms with E-state index in [2.05, 4.69) is 20.5 Å². The van der Waals surface area contributed by atoms with Gasteiger partial charge in [-0.2, -0.15) is 5.10 Å². The van der Waals surface area contributed by atoms with E-state index < -0.39 is 0 Å². The van der Waals surface area contributed by atoms with Crippen LogP contribution < -0.4 is 5.43 Å². The van der Waals surface area contributed by atoms with Gasteiger partial charge >= 0.3 is 0 Å². The van der Waals surface area contributed by atoms with Gasteiger partial charge < -0.3 is 0 Å². The van der Waals surface area contributed by atoms with Gasteiger partial charge in [-0.3, -0.25) is 10.4 Å². The molecule has 0 bridgehead atoms. The van der Waals surface area contributed by atoms with E-state index in [9.17, 15) is 4.39 Å². The van der Waals surface area contributed by atoms with Crippen LogP contribution in [0.25, 0.3) is 0 Å². The lowest BCUT2D eigenvalue weighted by Gasteiger charge is -1.96. The van der Waals surface area contributed by atoms with E-state index in [-0.39, 0.29) is 5.82 Å². The Morgan fingerprint density at radius 3 is 2.69 bits per heavy atom. The van der Waals surface area contributed by atoms with Crippen molar-refractivity contribution < 1.29 is 4.39 Å². The molecule has 0 amide bonds. The molecule has 2 aromatic rings. The summed E-state index contributed by atoms with van der Waals surface area (Å²) in [6.07, 6.45) is 6.28. The Labute approximate surface area is 91.9 Å². The molecule has 1 N–H and O–H groups in total. The van der Waals surface area contributed by atoms with Crippen LogP contribution >= 0.6 is 0 Å². The average Bonchev–Trinajstić information content (AvgIpc) is 2.33. The van der Waals surface area contributed by atoms with Gasteiger partial charge in [0.25, 0.3) is 0 Å². The zero-order valence-corrected chi connectivity index (χ0v) is 8.34. The standard InChI is InChI=1S/C11H9FN4/c12-10-3-1-9(2-4-10)7-15-16-11-8-13-5-6-14-11/h1-8H,(H,14,16)/b15-7+. The molecule has 16 heavy (non-hydrogen) atoms. The molecule has 0 radical (unpaired) electrons. The number of nitrogens with one attached hydrogen (secondary N) is 1. The lowest BCUT2D eigenvalue weighted by Crippen LogP contribution is -1.93. The maximum atomic E-state index is 12.6. The van der Waals surface area contributed by atoms with Crippen LogP contribution in [-0.2, 0) is 0 Å². The van der Waals surface area contributed by atoms with Gasteiger partial charge in [-0.15, -0.1) is 0 Å². The summed E-state index contributed by atoms with van der Waals surface area (Å²) >= 11 is 0. The molecule has 0 atom stereocenters. The topological polar surface area (TPSA) is 50.2 Å². The number of hydrazone groups is 1. The fourth-order valence-electron chi connectivity index (χ4n) is 1.08. The SMILES string of the molecule is Fc1ccc(/C=N/Nc2cnccn2)cc1. The molecule has 0 unspecified atom stereocenters. The third-order valence-electron chi connectivity index (χ3n) is 1.83. The van der Waals surface area contributed by atoms with Gasteiger partial charge in [-0.25, -0.2) is 9.37 Å². The van der Waals surface area contributed by atoms with Gasteiger partial charge in [-0.1, -0.05) is 12.1 Å². The number of halogens is 1. The fraction of sp³-hybridized carbons (Fsp3) is 0. The fourth-order valence-corrected chi connectivity index (χ4v) is 1.08. The number of hydrogen-bond acceptors (Lipinski definition) is 4. The van der Waals surface area contributed by atoms with Crippen LogP contribution in [0, 0.1) is 5.82 Å². The number of anilines is 1. The predicted octanol–water partition coefficient (Wildman–Crippen LogP) is 2.06. The smallest absolute Gasteiger partial charge is 0.164 e. The molecule has 0 spiro atoms. The first-order chi connectivity index (χ1) is 7.84. The van der Waals surface area contributed by atoms with Crippen molar-refractivity contribution in [3.05, 3.63) is 54.2 Å². The van der Waals surface area contributed by atoms with Crippen molar-refractivity contribution in [3.8, 4) is 0 Å². The maximum absolute atomic E-state index is 12.6. The van der Waals surface area contributed by atoms with E-state index in [0.29, 0.717) is 5.82 Å². The van der Waals surface area contributed by atoms with E-state index in [4.69, 9.17) is 0 Å². The highest BCUT2D eigenvalue weighted by Crippen LogP contribution is 2.00. The van der Waals surface area contributed by atoms with Gasteiger partial charge in [0.05, 0.1) is 12.4 Å². The monoisotopic (exact) mass is 216 g/mol. The Morgan fingerprint density at radius 1 is 1.19 bits per heavy atom. The summed E-state index contributed by atoms with van der Waals surface area (Å²) in [6, 6.07) is 6.03. The summed E-state index contributed by atoms with van der Waals surface area (Å²) in [5, 5.41) is 3.94. The van der Waals surface area contributed by atoms with Gasteiger partial charge in [0, 0.05) is 12.4 Å². The summed E-state index contributed by atoms with van der Waals surface area (Å²) in [5.41, 5.74) is 3.51. The van der Waals surface area contributed by atoms with Crippen molar-refractivity contribution in [2.45, 2.75) is 0 Å². The maximum Gasteiger partial charge on any atom is 0.164 e. The number of nitrogens with zero attached hydrogens (tertiary/aromatic N) is 3. The van der Waals surface area contributed by atoms with Crippen molar-refractivity contribution in [1.82, 2.24) is 9.97 Å².